The molecule has 0 radical (unpaired) electrons. The molecule has 6 aromatic rings. The second-order valence-corrected chi connectivity index (χ2v) is 14.7. The number of nitrogen functional groups attached to an aromatic ring is 4. The van der Waals surface area contributed by atoms with E-state index < -0.39 is 11.6 Å². The molecular formula is C49H52F2N8O4. The molecule has 0 aliphatic rings. The summed E-state index contributed by atoms with van der Waals surface area (Å²) in [5.41, 5.74) is 29.4. The van der Waals surface area contributed by atoms with Crippen LogP contribution in [0, 0.1) is 40.2 Å². The average Bonchev–Trinajstić information content (AvgIpc) is 3.26. The number of ether oxygens (including phenoxy) is 4. The Balaban J connectivity index is 0.000000238. The SMILES string of the molecule is CCCCc1cc(OCc2ccc(C(=N)N)cc2)cc(OCc2ccc(C(=N)N)cc2)c1.Cc1cc(COc2ccc(C(=N)N)cc2F)cc(COc2ccc(C(=N)N)cc2F)c1. The average molecular weight is 855 g/mol. The molecule has 14 heteroatoms. The normalized spacial score (nSPS) is 10.5. The monoisotopic (exact) mass is 854 g/mol. The highest BCUT2D eigenvalue weighted by Crippen LogP contribution is 2.27. The minimum absolute atomic E-state index is 0.0527. The molecule has 12 N–H and O–H groups in total. The van der Waals surface area contributed by atoms with Gasteiger partial charge < -0.3 is 41.9 Å². The Morgan fingerprint density at radius 1 is 0.444 bits per heavy atom. The predicted octanol–water partition coefficient (Wildman–Crippen LogP) is 8.75. The minimum Gasteiger partial charge on any atom is -0.489 e. The van der Waals surface area contributed by atoms with Gasteiger partial charge in [0.25, 0.3) is 0 Å². The third kappa shape index (κ3) is 14.2. The second-order valence-electron chi connectivity index (χ2n) is 14.7. The smallest absolute Gasteiger partial charge is 0.165 e. The first kappa shape index (κ1) is 46.3. The molecule has 0 aliphatic heterocycles. The maximum atomic E-state index is 14.1. The molecule has 0 unspecified atom stereocenters. The van der Waals surface area contributed by atoms with Crippen LogP contribution in [0.5, 0.6) is 23.0 Å². The van der Waals surface area contributed by atoms with Crippen molar-refractivity contribution in [2.75, 3.05) is 0 Å². The van der Waals surface area contributed by atoms with Crippen molar-refractivity contribution in [1.29, 1.82) is 21.6 Å². The molecule has 0 bridgehead atoms. The number of hydrogen-bond donors (Lipinski definition) is 8. The quantitative estimate of drug-likeness (QED) is 0.0289. The molecule has 12 nitrogen and oxygen atoms in total. The highest BCUT2D eigenvalue weighted by atomic mass is 19.1. The molecule has 0 saturated carbocycles. The van der Waals surface area contributed by atoms with Crippen molar-refractivity contribution in [3.8, 4) is 23.0 Å². The van der Waals surface area contributed by atoms with Gasteiger partial charge in [0.1, 0.15) is 61.3 Å². The van der Waals surface area contributed by atoms with Gasteiger partial charge in [-0.15, -0.1) is 0 Å². The summed E-state index contributed by atoms with van der Waals surface area (Å²) in [5, 5.41) is 29.7. The first-order chi connectivity index (χ1) is 30.2. The third-order valence-corrected chi connectivity index (χ3v) is 9.57. The van der Waals surface area contributed by atoms with Crippen LogP contribution in [0.2, 0.25) is 0 Å². The Bertz CT molecular complexity index is 2400. The number of halogens is 2. The number of benzene rings is 6. The Kier molecular flexibility index (Phi) is 16.3. The van der Waals surface area contributed by atoms with E-state index >= 15 is 0 Å². The Morgan fingerprint density at radius 3 is 1.19 bits per heavy atom. The third-order valence-electron chi connectivity index (χ3n) is 9.57. The number of nitrogens with two attached hydrogens (primary N) is 4. The summed E-state index contributed by atoms with van der Waals surface area (Å²) in [4.78, 5) is 0. The number of hydrogen-bond acceptors (Lipinski definition) is 8. The molecule has 0 fully saturated rings. The van der Waals surface area contributed by atoms with Crippen molar-refractivity contribution in [2.45, 2.75) is 59.5 Å². The Morgan fingerprint density at radius 2 is 0.825 bits per heavy atom. The van der Waals surface area contributed by atoms with Crippen molar-refractivity contribution in [2.24, 2.45) is 22.9 Å². The van der Waals surface area contributed by atoms with Crippen LogP contribution in [-0.4, -0.2) is 23.3 Å². The highest BCUT2D eigenvalue weighted by molar-refractivity contribution is 5.96. The molecule has 0 aromatic heterocycles. The summed E-state index contributed by atoms with van der Waals surface area (Å²) in [7, 11) is 0. The summed E-state index contributed by atoms with van der Waals surface area (Å²) in [6.07, 6.45) is 3.18. The van der Waals surface area contributed by atoms with E-state index in [0.717, 1.165) is 70.7 Å². The van der Waals surface area contributed by atoms with E-state index in [0.29, 0.717) is 24.3 Å². The van der Waals surface area contributed by atoms with Crippen molar-refractivity contribution in [3.05, 3.63) is 189 Å². The van der Waals surface area contributed by atoms with Gasteiger partial charge in [0.05, 0.1) is 0 Å². The maximum Gasteiger partial charge on any atom is 0.165 e. The van der Waals surface area contributed by atoms with E-state index in [2.05, 4.69) is 19.1 Å². The molecular weight excluding hydrogens is 803 g/mol. The lowest BCUT2D eigenvalue weighted by molar-refractivity contribution is 0.284. The lowest BCUT2D eigenvalue weighted by Gasteiger charge is -2.13. The summed E-state index contributed by atoms with van der Waals surface area (Å²) >= 11 is 0. The molecule has 326 valence electrons. The zero-order valence-corrected chi connectivity index (χ0v) is 35.2. The minimum atomic E-state index is -0.603. The van der Waals surface area contributed by atoms with Gasteiger partial charge in [-0.25, -0.2) is 8.78 Å². The van der Waals surface area contributed by atoms with Crippen LogP contribution in [0.4, 0.5) is 8.78 Å². The van der Waals surface area contributed by atoms with E-state index in [9.17, 15) is 8.78 Å². The lowest BCUT2D eigenvalue weighted by atomic mass is 10.1. The van der Waals surface area contributed by atoms with Gasteiger partial charge in [0.2, 0.25) is 0 Å². The van der Waals surface area contributed by atoms with Gasteiger partial charge in [0.15, 0.2) is 23.1 Å². The zero-order chi connectivity index (χ0) is 45.5. The summed E-state index contributed by atoms with van der Waals surface area (Å²) in [6.45, 7) is 5.15. The van der Waals surface area contributed by atoms with Crippen LogP contribution in [-0.2, 0) is 32.8 Å². The van der Waals surface area contributed by atoms with Crippen LogP contribution >= 0.6 is 0 Å². The van der Waals surface area contributed by atoms with E-state index in [1.54, 1.807) is 0 Å². The van der Waals surface area contributed by atoms with E-state index in [1.165, 1.54) is 29.8 Å². The predicted molar refractivity (Wildman–Crippen MR) is 243 cm³/mol. The fraction of sp³-hybridized carbons (Fsp3) is 0.184. The van der Waals surface area contributed by atoms with Gasteiger partial charge in [-0.05, 0) is 102 Å². The van der Waals surface area contributed by atoms with Gasteiger partial charge in [0, 0.05) is 28.3 Å². The number of nitrogens with one attached hydrogen (secondary N) is 4. The van der Waals surface area contributed by atoms with E-state index in [4.69, 9.17) is 63.5 Å². The summed E-state index contributed by atoms with van der Waals surface area (Å²) in [5.74, 6) is 0.0861. The van der Waals surface area contributed by atoms with Crippen molar-refractivity contribution >= 4 is 23.3 Å². The van der Waals surface area contributed by atoms with Crippen LogP contribution < -0.4 is 41.9 Å². The zero-order valence-electron chi connectivity index (χ0n) is 35.2. The summed E-state index contributed by atoms with van der Waals surface area (Å²) < 4.78 is 51.5. The van der Waals surface area contributed by atoms with Crippen LogP contribution in [0.1, 0.15) is 75.4 Å². The van der Waals surface area contributed by atoms with Crippen LogP contribution in [0.3, 0.4) is 0 Å². The maximum absolute atomic E-state index is 14.1. The molecule has 0 atom stereocenters. The van der Waals surface area contributed by atoms with Gasteiger partial charge in [-0.3, -0.25) is 21.6 Å². The number of amidine groups is 4. The van der Waals surface area contributed by atoms with Crippen molar-refractivity contribution < 1.29 is 27.7 Å². The lowest BCUT2D eigenvalue weighted by Crippen LogP contribution is -2.11. The summed E-state index contributed by atoms with van der Waals surface area (Å²) in [6, 6.07) is 34.8. The van der Waals surface area contributed by atoms with Crippen LogP contribution in [0.15, 0.2) is 121 Å². The molecule has 6 aromatic carbocycles. The standard InChI is InChI=1S/C26H30N4O2.C23H22F2N4O2/c1-2-3-4-20-13-23(31-16-18-5-9-21(10-6-18)25(27)28)15-24(14-20)32-17-19-7-11-22(12-8-19)26(29)30;1-13-6-14(11-30-20-4-2-16(22(26)27)9-18(20)24)8-15(7-13)12-31-21-5-3-17(23(28)29)10-19(21)25/h5-15H,2-4,16-17H2,1H3,(H3,27,28)(H3,29,30);2-10H,11-12H2,1H3,(H3,26,27)(H3,28,29). The van der Waals surface area contributed by atoms with E-state index in [1.807, 2.05) is 79.7 Å². The molecule has 0 amide bonds. The molecule has 0 spiro atoms. The second kappa shape index (κ2) is 22.2. The Labute approximate surface area is 365 Å². The number of unbranched alkanes of at least 4 members (excludes halogenated alkanes) is 1. The Hall–Kier alpha value is -7.74. The van der Waals surface area contributed by atoms with Crippen molar-refractivity contribution in [1.82, 2.24) is 0 Å². The van der Waals surface area contributed by atoms with Gasteiger partial charge in [-0.2, -0.15) is 0 Å². The van der Waals surface area contributed by atoms with E-state index in [-0.39, 0.29) is 59.2 Å². The fourth-order valence-electron chi connectivity index (χ4n) is 6.22. The first-order valence-corrected chi connectivity index (χ1v) is 20.1. The highest BCUT2D eigenvalue weighted by Gasteiger charge is 2.11. The molecule has 0 saturated heterocycles. The molecule has 0 heterocycles. The molecule has 6 rings (SSSR count). The number of aryl methyl sites for hydroxylation is 2. The molecule has 63 heavy (non-hydrogen) atoms. The fourth-order valence-corrected chi connectivity index (χ4v) is 6.22. The van der Waals surface area contributed by atoms with Gasteiger partial charge >= 0.3 is 0 Å². The first-order valence-electron chi connectivity index (χ1n) is 20.1. The van der Waals surface area contributed by atoms with Crippen molar-refractivity contribution in [3.63, 3.8) is 0 Å². The number of rotatable bonds is 19. The molecule has 0 aliphatic carbocycles. The van der Waals surface area contributed by atoms with Crippen LogP contribution in [0.25, 0.3) is 0 Å². The topological polar surface area (TPSA) is 236 Å². The largest absolute Gasteiger partial charge is 0.489 e. The van der Waals surface area contributed by atoms with Gasteiger partial charge in [-0.1, -0.05) is 79.6 Å².